The number of hydrogen-bond acceptors (Lipinski definition) is 3. The van der Waals surface area contributed by atoms with Crippen LogP contribution in [0.15, 0.2) is 22.7 Å². The summed E-state index contributed by atoms with van der Waals surface area (Å²) >= 11 is 3.32. The molecule has 4 nitrogen and oxygen atoms in total. The van der Waals surface area contributed by atoms with E-state index in [1.54, 1.807) is 6.07 Å². The van der Waals surface area contributed by atoms with Crippen molar-refractivity contribution in [3.8, 4) is 0 Å². The number of hydrogen-bond donors (Lipinski definition) is 2. The molecule has 6 heteroatoms. The molecule has 0 saturated heterocycles. The molecule has 1 aromatic rings. The minimum Gasteiger partial charge on any atom is -0.316 e. The zero-order chi connectivity index (χ0) is 12.9. The fourth-order valence-electron chi connectivity index (χ4n) is 1.31. The molecular formula is C11H17BrN2O2S. The van der Waals surface area contributed by atoms with Crippen LogP contribution in [0, 0.1) is 6.92 Å². The van der Waals surface area contributed by atoms with Crippen molar-refractivity contribution in [3.05, 3.63) is 28.2 Å². The molecule has 2 N–H and O–H groups in total. The van der Waals surface area contributed by atoms with E-state index in [1.807, 2.05) is 26.0 Å². The molecule has 0 aliphatic rings. The Balaban J connectivity index is 2.72. The van der Waals surface area contributed by atoms with Gasteiger partial charge in [0.25, 0.3) is 0 Å². The zero-order valence-corrected chi connectivity index (χ0v) is 12.4. The van der Waals surface area contributed by atoms with Crippen LogP contribution in [0.2, 0.25) is 0 Å². The molecule has 0 heterocycles. The highest BCUT2D eigenvalue weighted by Gasteiger charge is 2.11. The summed E-state index contributed by atoms with van der Waals surface area (Å²) in [4.78, 5) is 0. The maximum atomic E-state index is 11.8. The Morgan fingerprint density at radius 1 is 1.35 bits per heavy atom. The molecule has 0 atom stereocenters. The van der Waals surface area contributed by atoms with Crippen molar-refractivity contribution in [3.63, 3.8) is 0 Å². The van der Waals surface area contributed by atoms with Crippen LogP contribution in [0.25, 0.3) is 0 Å². The second-order valence-electron chi connectivity index (χ2n) is 3.73. The Bertz CT molecular complexity index is 474. The first-order valence-corrected chi connectivity index (χ1v) is 7.86. The van der Waals surface area contributed by atoms with E-state index in [2.05, 4.69) is 26.0 Å². The first-order valence-electron chi connectivity index (χ1n) is 5.42. The largest absolute Gasteiger partial charge is 0.316 e. The lowest BCUT2D eigenvalue weighted by atomic mass is 10.2. The number of anilines is 1. The van der Waals surface area contributed by atoms with Gasteiger partial charge in [-0.15, -0.1) is 0 Å². The highest BCUT2D eigenvalue weighted by Crippen LogP contribution is 2.21. The zero-order valence-electron chi connectivity index (χ0n) is 9.96. The van der Waals surface area contributed by atoms with Crippen molar-refractivity contribution in [1.82, 2.24) is 5.32 Å². The van der Waals surface area contributed by atoms with Crippen LogP contribution >= 0.6 is 15.9 Å². The van der Waals surface area contributed by atoms with Crippen LogP contribution < -0.4 is 10.0 Å². The molecule has 0 amide bonds. The molecule has 96 valence electrons. The summed E-state index contributed by atoms with van der Waals surface area (Å²) < 4.78 is 27.0. The van der Waals surface area contributed by atoms with Gasteiger partial charge in [0.2, 0.25) is 10.0 Å². The van der Waals surface area contributed by atoms with Gasteiger partial charge in [0.15, 0.2) is 0 Å². The predicted molar refractivity (Wildman–Crippen MR) is 74.8 cm³/mol. The molecular weight excluding hydrogens is 304 g/mol. The molecule has 0 radical (unpaired) electrons. The molecule has 0 fully saturated rings. The average molecular weight is 321 g/mol. The van der Waals surface area contributed by atoms with E-state index in [0.29, 0.717) is 12.2 Å². The van der Waals surface area contributed by atoms with E-state index in [0.717, 1.165) is 16.6 Å². The van der Waals surface area contributed by atoms with E-state index < -0.39 is 10.0 Å². The summed E-state index contributed by atoms with van der Waals surface area (Å²) in [5.41, 5.74) is 1.52. The lowest BCUT2D eigenvalue weighted by molar-refractivity contribution is 0.597. The molecule has 1 rings (SSSR count). The first-order chi connectivity index (χ1) is 7.94. The lowest BCUT2D eigenvalue weighted by Gasteiger charge is -2.11. The van der Waals surface area contributed by atoms with Gasteiger partial charge in [-0.25, -0.2) is 8.42 Å². The maximum Gasteiger partial charge on any atom is 0.233 e. The van der Waals surface area contributed by atoms with Crippen molar-refractivity contribution in [2.24, 2.45) is 0 Å². The molecule has 0 aliphatic carbocycles. The minimum atomic E-state index is -3.28. The average Bonchev–Trinajstić information content (AvgIpc) is 2.23. The molecule has 0 aromatic heterocycles. The monoisotopic (exact) mass is 320 g/mol. The Kier molecular flexibility index (Phi) is 5.42. The van der Waals surface area contributed by atoms with Crippen molar-refractivity contribution in [2.75, 3.05) is 23.6 Å². The fraction of sp³-hybridized carbons (Fsp3) is 0.455. The third kappa shape index (κ3) is 5.06. The summed E-state index contributed by atoms with van der Waals surface area (Å²) in [6.45, 7) is 5.04. The van der Waals surface area contributed by atoms with Gasteiger partial charge in [-0.3, -0.25) is 4.72 Å². The number of benzene rings is 1. The Hall–Kier alpha value is -0.590. The Morgan fingerprint density at radius 2 is 2.06 bits per heavy atom. The number of sulfonamides is 1. The number of rotatable bonds is 6. The number of halogens is 1. The number of aryl methyl sites for hydroxylation is 1. The van der Waals surface area contributed by atoms with Gasteiger partial charge in [0, 0.05) is 11.0 Å². The molecule has 0 saturated carbocycles. The van der Waals surface area contributed by atoms with Crippen molar-refractivity contribution < 1.29 is 8.42 Å². The molecule has 0 unspecified atom stereocenters. The molecule has 0 bridgehead atoms. The topological polar surface area (TPSA) is 58.2 Å². The normalized spacial score (nSPS) is 11.5. The Morgan fingerprint density at radius 3 is 2.71 bits per heavy atom. The second-order valence-corrected chi connectivity index (χ2v) is 6.49. The third-order valence-electron chi connectivity index (χ3n) is 2.26. The van der Waals surface area contributed by atoms with Crippen LogP contribution in [0.3, 0.4) is 0 Å². The fourth-order valence-corrected chi connectivity index (χ4v) is 2.74. The van der Waals surface area contributed by atoms with E-state index in [9.17, 15) is 8.42 Å². The highest BCUT2D eigenvalue weighted by atomic mass is 79.9. The highest BCUT2D eigenvalue weighted by molar-refractivity contribution is 9.10. The first kappa shape index (κ1) is 14.5. The van der Waals surface area contributed by atoms with Crippen LogP contribution in [-0.4, -0.2) is 27.3 Å². The van der Waals surface area contributed by atoms with Crippen LogP contribution in [-0.2, 0) is 10.0 Å². The van der Waals surface area contributed by atoms with Crippen molar-refractivity contribution >= 4 is 31.6 Å². The third-order valence-corrected chi connectivity index (χ3v) is 4.03. The minimum absolute atomic E-state index is 0.0762. The van der Waals surface area contributed by atoms with Gasteiger partial charge in [-0.1, -0.05) is 28.9 Å². The van der Waals surface area contributed by atoms with Gasteiger partial charge < -0.3 is 5.32 Å². The molecule has 0 aliphatic heterocycles. The van der Waals surface area contributed by atoms with Gasteiger partial charge in [0.05, 0.1) is 11.4 Å². The van der Waals surface area contributed by atoms with Gasteiger partial charge in [0.1, 0.15) is 0 Å². The number of nitrogens with one attached hydrogen (secondary N) is 2. The van der Waals surface area contributed by atoms with E-state index >= 15 is 0 Å². The van der Waals surface area contributed by atoms with E-state index in [-0.39, 0.29) is 5.75 Å². The Labute approximate surface area is 111 Å². The molecule has 0 spiro atoms. The van der Waals surface area contributed by atoms with Gasteiger partial charge in [-0.05, 0) is 31.2 Å². The van der Waals surface area contributed by atoms with Crippen LogP contribution in [0.1, 0.15) is 12.5 Å². The SMILES string of the molecule is CCNCCS(=O)(=O)Nc1cc(Br)ccc1C. The summed E-state index contributed by atoms with van der Waals surface area (Å²) in [6.07, 6.45) is 0. The van der Waals surface area contributed by atoms with E-state index in [1.165, 1.54) is 0 Å². The van der Waals surface area contributed by atoms with Crippen molar-refractivity contribution in [2.45, 2.75) is 13.8 Å². The quantitative estimate of drug-likeness (QED) is 0.789. The van der Waals surface area contributed by atoms with Crippen molar-refractivity contribution in [1.29, 1.82) is 0 Å². The lowest BCUT2D eigenvalue weighted by Crippen LogP contribution is -2.26. The van der Waals surface area contributed by atoms with Crippen LogP contribution in [0.4, 0.5) is 5.69 Å². The van der Waals surface area contributed by atoms with Gasteiger partial charge in [-0.2, -0.15) is 0 Å². The van der Waals surface area contributed by atoms with Gasteiger partial charge >= 0.3 is 0 Å². The second kappa shape index (κ2) is 6.37. The standard InChI is InChI=1S/C11H17BrN2O2S/c1-3-13-6-7-17(15,16)14-11-8-10(12)5-4-9(11)2/h4-5,8,13-14H,3,6-7H2,1-2H3. The predicted octanol–water partition coefficient (Wildman–Crippen LogP) is 2.11. The summed E-state index contributed by atoms with van der Waals surface area (Å²) in [7, 11) is -3.28. The van der Waals surface area contributed by atoms with E-state index in [4.69, 9.17) is 0 Å². The molecule has 17 heavy (non-hydrogen) atoms. The maximum absolute atomic E-state index is 11.8. The summed E-state index contributed by atoms with van der Waals surface area (Å²) in [5, 5.41) is 2.99. The smallest absolute Gasteiger partial charge is 0.233 e. The summed E-state index contributed by atoms with van der Waals surface area (Å²) in [5.74, 6) is 0.0762. The van der Waals surface area contributed by atoms with Crippen LogP contribution in [0.5, 0.6) is 0 Å². The summed E-state index contributed by atoms with van der Waals surface area (Å²) in [6, 6.07) is 5.51. The molecule has 1 aromatic carbocycles.